The van der Waals surface area contributed by atoms with E-state index in [1.54, 1.807) is 0 Å². The predicted molar refractivity (Wildman–Crippen MR) is 81.4 cm³/mol. The Morgan fingerprint density at radius 2 is 1.76 bits per heavy atom. The van der Waals surface area contributed by atoms with Gasteiger partial charge in [0.15, 0.2) is 0 Å². The van der Waals surface area contributed by atoms with Crippen LogP contribution in [0.4, 0.5) is 0 Å². The van der Waals surface area contributed by atoms with Crippen LogP contribution >= 0.6 is 15.9 Å². The van der Waals surface area contributed by atoms with Crippen LogP contribution in [0.1, 0.15) is 33.6 Å². The summed E-state index contributed by atoms with van der Waals surface area (Å²) < 4.78 is 7.44. The minimum Gasteiger partial charge on any atom is -0.413 e. The zero-order chi connectivity index (χ0) is 12.7. The summed E-state index contributed by atoms with van der Waals surface area (Å²) in [5, 5.41) is 1.44. The molecular weight excluding hydrogens is 292 g/mol. The predicted octanol–water partition coefficient (Wildman–Crippen LogP) is 4.46. The van der Waals surface area contributed by atoms with Crippen molar-refractivity contribution in [2.75, 3.05) is 6.61 Å². The zero-order valence-electron chi connectivity index (χ0n) is 11.1. The third-order valence-electron chi connectivity index (χ3n) is 3.08. The van der Waals surface area contributed by atoms with Gasteiger partial charge in [-0.05, 0) is 36.3 Å². The summed E-state index contributed by atoms with van der Waals surface area (Å²) in [6, 6.07) is 11.2. The highest BCUT2D eigenvalue weighted by Gasteiger charge is 2.35. The molecule has 0 aliphatic rings. The fourth-order valence-electron chi connectivity index (χ4n) is 2.50. The summed E-state index contributed by atoms with van der Waals surface area (Å²) in [6.45, 7) is 7.46. The topological polar surface area (TPSA) is 9.23 Å². The van der Waals surface area contributed by atoms with E-state index in [-0.39, 0.29) is 0 Å². The van der Waals surface area contributed by atoms with E-state index in [1.165, 1.54) is 34.6 Å². The lowest BCUT2D eigenvalue weighted by Gasteiger charge is -2.31. The maximum absolute atomic E-state index is 6.27. The van der Waals surface area contributed by atoms with Crippen LogP contribution in [-0.2, 0) is 4.43 Å². The molecule has 0 atom stereocenters. The summed E-state index contributed by atoms with van der Waals surface area (Å²) in [5.74, 6) is 0. The zero-order valence-corrected chi connectivity index (χ0v) is 13.7. The number of benzene rings is 1. The smallest absolute Gasteiger partial charge is 0.224 e. The molecular formula is C14H23BrOSi. The molecule has 0 saturated carbocycles. The fourth-order valence-corrected chi connectivity index (χ4v) is 7.38. The molecule has 0 saturated heterocycles. The number of rotatable bonds is 7. The van der Waals surface area contributed by atoms with Crippen molar-refractivity contribution in [1.82, 2.24) is 0 Å². The second-order valence-corrected chi connectivity index (χ2v) is 9.21. The molecule has 0 unspecified atom stereocenters. The van der Waals surface area contributed by atoms with E-state index < -0.39 is 8.32 Å². The van der Waals surface area contributed by atoms with Gasteiger partial charge in [0.25, 0.3) is 0 Å². The first kappa shape index (κ1) is 14.9. The summed E-state index contributed by atoms with van der Waals surface area (Å²) in [4.78, 5) is 0. The molecule has 0 aliphatic heterocycles. The molecule has 1 aromatic carbocycles. The largest absolute Gasteiger partial charge is 0.413 e. The lowest BCUT2D eigenvalue weighted by Crippen LogP contribution is -2.50. The first-order valence-electron chi connectivity index (χ1n) is 6.58. The first-order valence-corrected chi connectivity index (χ1v) is 9.70. The molecule has 0 radical (unpaired) electrons. The highest BCUT2D eigenvalue weighted by Crippen LogP contribution is 2.22. The molecule has 0 spiro atoms. The second-order valence-electron chi connectivity index (χ2n) is 4.44. The van der Waals surface area contributed by atoms with E-state index in [0.29, 0.717) is 0 Å². The monoisotopic (exact) mass is 314 g/mol. The van der Waals surface area contributed by atoms with Crippen molar-refractivity contribution in [2.45, 2.75) is 45.7 Å². The lowest BCUT2D eigenvalue weighted by atomic mass is 10.4. The Morgan fingerprint density at radius 1 is 1.12 bits per heavy atom. The van der Waals surface area contributed by atoms with Gasteiger partial charge in [0.1, 0.15) is 0 Å². The number of halogens is 1. The molecule has 1 nitrogen and oxygen atoms in total. The van der Waals surface area contributed by atoms with Crippen LogP contribution in [-0.4, -0.2) is 14.9 Å². The van der Waals surface area contributed by atoms with Gasteiger partial charge >= 0.3 is 0 Å². The molecule has 0 amide bonds. The standard InChI is InChI=1S/C14H23BrOSi/c1-4-10-17(11-5-2,16-6-3)14-9-7-8-13(15)12-14/h7-9,12H,4-6,10-11H2,1-3H3. The van der Waals surface area contributed by atoms with Crippen molar-refractivity contribution in [3.05, 3.63) is 28.7 Å². The Balaban J connectivity index is 3.09. The van der Waals surface area contributed by atoms with Gasteiger partial charge in [-0.2, -0.15) is 0 Å². The molecule has 3 heteroatoms. The molecule has 1 rings (SSSR count). The van der Waals surface area contributed by atoms with E-state index >= 15 is 0 Å². The van der Waals surface area contributed by atoms with Gasteiger partial charge in [-0.3, -0.25) is 0 Å². The quantitative estimate of drug-likeness (QED) is 0.675. The van der Waals surface area contributed by atoms with E-state index in [9.17, 15) is 0 Å². The molecule has 0 aromatic heterocycles. The third-order valence-corrected chi connectivity index (χ3v) is 8.39. The highest BCUT2D eigenvalue weighted by atomic mass is 79.9. The van der Waals surface area contributed by atoms with Crippen LogP contribution in [0.3, 0.4) is 0 Å². The maximum atomic E-state index is 6.27. The molecule has 1 aromatic rings. The minimum atomic E-state index is -1.73. The van der Waals surface area contributed by atoms with Gasteiger partial charge in [0.2, 0.25) is 8.32 Å². The van der Waals surface area contributed by atoms with Crippen molar-refractivity contribution >= 4 is 29.4 Å². The van der Waals surface area contributed by atoms with Crippen LogP contribution in [0.25, 0.3) is 0 Å². The van der Waals surface area contributed by atoms with Crippen molar-refractivity contribution < 1.29 is 4.43 Å². The Kier molecular flexibility index (Phi) is 6.45. The van der Waals surface area contributed by atoms with Gasteiger partial charge < -0.3 is 4.43 Å². The minimum absolute atomic E-state index is 0.832. The molecule has 96 valence electrons. The summed E-state index contributed by atoms with van der Waals surface area (Å²) >= 11 is 3.57. The third kappa shape index (κ3) is 3.93. The summed E-state index contributed by atoms with van der Waals surface area (Å²) in [6.07, 6.45) is 2.41. The van der Waals surface area contributed by atoms with Crippen molar-refractivity contribution in [3.8, 4) is 0 Å². The van der Waals surface area contributed by atoms with E-state index in [1.807, 2.05) is 0 Å². The summed E-state index contributed by atoms with van der Waals surface area (Å²) in [7, 11) is -1.73. The average molecular weight is 315 g/mol. The van der Waals surface area contributed by atoms with E-state index in [4.69, 9.17) is 4.43 Å². The number of hydrogen-bond acceptors (Lipinski definition) is 1. The number of hydrogen-bond donors (Lipinski definition) is 0. The molecule has 0 aliphatic carbocycles. The Labute approximate surface area is 115 Å². The fraction of sp³-hybridized carbons (Fsp3) is 0.571. The second kappa shape index (κ2) is 7.34. The van der Waals surface area contributed by atoms with Crippen molar-refractivity contribution in [3.63, 3.8) is 0 Å². The van der Waals surface area contributed by atoms with Crippen LogP contribution in [0.2, 0.25) is 12.1 Å². The van der Waals surface area contributed by atoms with Gasteiger partial charge in [0.05, 0.1) is 0 Å². The van der Waals surface area contributed by atoms with E-state index in [2.05, 4.69) is 61.0 Å². The van der Waals surface area contributed by atoms with Gasteiger partial charge in [-0.1, -0.05) is 54.8 Å². The van der Waals surface area contributed by atoms with Gasteiger partial charge in [-0.15, -0.1) is 0 Å². The summed E-state index contributed by atoms with van der Waals surface area (Å²) in [5.41, 5.74) is 0. The SMILES string of the molecule is CCC[Si](CCC)(OCC)c1cccc(Br)c1. The molecule has 0 N–H and O–H groups in total. The Hall–Kier alpha value is -0.123. The molecule has 0 fully saturated rings. The lowest BCUT2D eigenvalue weighted by molar-refractivity contribution is 0.327. The average Bonchev–Trinajstić information content (AvgIpc) is 2.30. The van der Waals surface area contributed by atoms with Crippen LogP contribution < -0.4 is 5.19 Å². The van der Waals surface area contributed by atoms with E-state index in [0.717, 1.165) is 6.61 Å². The van der Waals surface area contributed by atoms with Gasteiger partial charge in [-0.25, -0.2) is 0 Å². The van der Waals surface area contributed by atoms with Crippen LogP contribution in [0.5, 0.6) is 0 Å². The molecule has 17 heavy (non-hydrogen) atoms. The highest BCUT2D eigenvalue weighted by molar-refractivity contribution is 9.10. The Bertz CT molecular complexity index is 324. The van der Waals surface area contributed by atoms with Crippen molar-refractivity contribution in [1.29, 1.82) is 0 Å². The van der Waals surface area contributed by atoms with Crippen molar-refractivity contribution in [2.24, 2.45) is 0 Å². The van der Waals surface area contributed by atoms with Gasteiger partial charge in [0, 0.05) is 11.1 Å². The Morgan fingerprint density at radius 3 is 2.24 bits per heavy atom. The normalized spacial score (nSPS) is 11.8. The van der Waals surface area contributed by atoms with Crippen LogP contribution in [0.15, 0.2) is 28.7 Å². The first-order chi connectivity index (χ1) is 8.18. The molecule has 0 bridgehead atoms. The van der Waals surface area contributed by atoms with Crippen LogP contribution in [0, 0.1) is 0 Å². The maximum Gasteiger partial charge on any atom is 0.224 e. The molecule has 0 heterocycles.